The topological polar surface area (TPSA) is 105 Å². The lowest BCUT2D eigenvalue weighted by molar-refractivity contribution is -0.139. The number of likely N-dealkylation sites (N-methyl/N-ethyl adjacent to an activating group) is 1. The number of carbonyl (C=O) groups excluding carboxylic acids is 2. The van der Waals surface area contributed by atoms with E-state index in [4.69, 9.17) is 9.47 Å². The molecule has 0 radical (unpaired) electrons. The Morgan fingerprint density at radius 3 is 2.11 bits per heavy atom. The molecule has 9 nitrogen and oxygen atoms in total. The van der Waals surface area contributed by atoms with E-state index in [1.165, 1.54) is 56.5 Å². The van der Waals surface area contributed by atoms with Crippen molar-refractivity contribution in [1.29, 1.82) is 0 Å². The molecular weight excluding hydrogens is 665 g/mol. The van der Waals surface area contributed by atoms with E-state index in [2.05, 4.69) is 21.2 Å². The van der Waals surface area contributed by atoms with Crippen molar-refractivity contribution in [3.63, 3.8) is 0 Å². The summed E-state index contributed by atoms with van der Waals surface area (Å²) in [6, 6.07) is 24.3. The molecular formula is C33H33BrFN3O6S. The Morgan fingerprint density at radius 1 is 0.867 bits per heavy atom. The van der Waals surface area contributed by atoms with Gasteiger partial charge in [-0.1, -0.05) is 58.4 Å². The van der Waals surface area contributed by atoms with Gasteiger partial charge in [0.25, 0.3) is 10.0 Å². The highest BCUT2D eigenvalue weighted by Gasteiger charge is 2.34. The Morgan fingerprint density at radius 2 is 1.51 bits per heavy atom. The van der Waals surface area contributed by atoms with Crippen LogP contribution >= 0.6 is 15.9 Å². The van der Waals surface area contributed by atoms with Crippen molar-refractivity contribution in [2.75, 3.05) is 32.1 Å². The fourth-order valence-electron chi connectivity index (χ4n) is 4.75. The highest BCUT2D eigenvalue weighted by Crippen LogP contribution is 2.32. The molecule has 0 aromatic heterocycles. The Balaban J connectivity index is 1.80. The zero-order valence-electron chi connectivity index (χ0n) is 24.9. The Bertz CT molecular complexity index is 1720. The summed E-state index contributed by atoms with van der Waals surface area (Å²) in [4.78, 5) is 28.9. The highest BCUT2D eigenvalue weighted by molar-refractivity contribution is 9.10. The van der Waals surface area contributed by atoms with Crippen LogP contribution in [0.15, 0.2) is 106 Å². The molecule has 1 atom stereocenters. The molecule has 0 spiro atoms. The monoisotopic (exact) mass is 697 g/mol. The molecule has 2 amide bonds. The van der Waals surface area contributed by atoms with Gasteiger partial charge in [-0.3, -0.25) is 13.9 Å². The van der Waals surface area contributed by atoms with Gasteiger partial charge in [-0.15, -0.1) is 0 Å². The number of carbonyl (C=O) groups is 2. The van der Waals surface area contributed by atoms with Crippen molar-refractivity contribution >= 4 is 43.5 Å². The van der Waals surface area contributed by atoms with E-state index in [0.29, 0.717) is 5.75 Å². The van der Waals surface area contributed by atoms with Gasteiger partial charge in [0, 0.05) is 30.6 Å². The van der Waals surface area contributed by atoms with Gasteiger partial charge < -0.3 is 19.7 Å². The largest absolute Gasteiger partial charge is 0.493 e. The summed E-state index contributed by atoms with van der Waals surface area (Å²) in [5.41, 5.74) is 1.60. The van der Waals surface area contributed by atoms with Crippen LogP contribution in [0.4, 0.5) is 10.1 Å². The number of hydrogen-bond donors (Lipinski definition) is 1. The Kier molecular flexibility index (Phi) is 11.2. The molecule has 0 aliphatic rings. The summed E-state index contributed by atoms with van der Waals surface area (Å²) in [7, 11) is -0.139. The Labute approximate surface area is 270 Å². The van der Waals surface area contributed by atoms with Crippen molar-refractivity contribution in [3.8, 4) is 11.5 Å². The van der Waals surface area contributed by atoms with E-state index < -0.39 is 40.2 Å². The third-order valence-corrected chi connectivity index (χ3v) is 9.42. The van der Waals surface area contributed by atoms with Crippen LogP contribution in [0.25, 0.3) is 0 Å². The van der Waals surface area contributed by atoms with Crippen molar-refractivity contribution in [2.45, 2.75) is 23.9 Å². The third-order valence-electron chi connectivity index (χ3n) is 7.12. The van der Waals surface area contributed by atoms with Crippen LogP contribution in [0.2, 0.25) is 0 Å². The van der Waals surface area contributed by atoms with Crippen LogP contribution in [0.1, 0.15) is 11.1 Å². The molecule has 1 N–H and O–H groups in total. The quantitative estimate of drug-likeness (QED) is 0.206. The van der Waals surface area contributed by atoms with Crippen LogP contribution in [-0.4, -0.2) is 59.0 Å². The zero-order valence-corrected chi connectivity index (χ0v) is 27.3. The first-order valence-corrected chi connectivity index (χ1v) is 16.1. The fraction of sp³-hybridized carbons (Fsp3) is 0.212. The first-order chi connectivity index (χ1) is 21.6. The van der Waals surface area contributed by atoms with Crippen LogP contribution in [0.3, 0.4) is 0 Å². The van der Waals surface area contributed by atoms with Gasteiger partial charge in [0.05, 0.1) is 24.8 Å². The first-order valence-electron chi connectivity index (χ1n) is 13.9. The molecule has 0 bridgehead atoms. The smallest absolute Gasteiger partial charge is 0.264 e. The number of sulfonamides is 1. The molecule has 45 heavy (non-hydrogen) atoms. The Hall–Kier alpha value is -4.42. The lowest BCUT2D eigenvalue weighted by Crippen LogP contribution is -2.53. The van der Waals surface area contributed by atoms with Crippen molar-refractivity contribution in [2.24, 2.45) is 0 Å². The van der Waals surface area contributed by atoms with Crippen molar-refractivity contribution in [3.05, 3.63) is 118 Å². The van der Waals surface area contributed by atoms with Gasteiger partial charge in [0.2, 0.25) is 11.8 Å². The maximum Gasteiger partial charge on any atom is 0.264 e. The van der Waals surface area contributed by atoms with Gasteiger partial charge in [0.15, 0.2) is 11.5 Å². The average Bonchev–Trinajstić information content (AvgIpc) is 3.06. The molecule has 4 aromatic rings. The van der Waals surface area contributed by atoms with Gasteiger partial charge in [0.1, 0.15) is 18.4 Å². The number of rotatable bonds is 13. The summed E-state index contributed by atoms with van der Waals surface area (Å²) in [6.07, 6.45) is 0.182. The van der Waals surface area contributed by atoms with Crippen LogP contribution < -0.4 is 19.1 Å². The third kappa shape index (κ3) is 8.20. The molecule has 0 aliphatic carbocycles. The number of amides is 2. The summed E-state index contributed by atoms with van der Waals surface area (Å²) in [5, 5.41) is 2.65. The molecule has 0 unspecified atom stereocenters. The molecule has 0 heterocycles. The van der Waals surface area contributed by atoms with E-state index in [0.717, 1.165) is 32.0 Å². The second kappa shape index (κ2) is 15.0. The number of methoxy groups -OCH3 is 2. The number of anilines is 1. The van der Waals surface area contributed by atoms with Gasteiger partial charge in [-0.05, 0) is 59.7 Å². The maximum atomic E-state index is 14.3. The molecule has 236 valence electrons. The second-order valence-corrected chi connectivity index (χ2v) is 12.8. The average molecular weight is 699 g/mol. The van der Waals surface area contributed by atoms with Crippen molar-refractivity contribution in [1.82, 2.24) is 10.2 Å². The fourth-order valence-corrected chi connectivity index (χ4v) is 6.44. The number of nitrogens with one attached hydrogen (secondary N) is 1. The summed E-state index contributed by atoms with van der Waals surface area (Å²) >= 11 is 3.41. The van der Waals surface area contributed by atoms with E-state index in [9.17, 15) is 22.4 Å². The van der Waals surface area contributed by atoms with Gasteiger partial charge >= 0.3 is 0 Å². The maximum absolute atomic E-state index is 14.3. The highest BCUT2D eigenvalue weighted by atomic mass is 79.9. The van der Waals surface area contributed by atoms with Crippen LogP contribution in [-0.2, 0) is 32.6 Å². The van der Waals surface area contributed by atoms with E-state index in [-0.39, 0.29) is 29.3 Å². The zero-order chi connectivity index (χ0) is 32.6. The molecule has 0 saturated heterocycles. The van der Waals surface area contributed by atoms with Crippen LogP contribution in [0, 0.1) is 5.82 Å². The van der Waals surface area contributed by atoms with Crippen molar-refractivity contribution < 1.29 is 31.9 Å². The first kappa shape index (κ1) is 33.5. The summed E-state index contributed by atoms with van der Waals surface area (Å²) in [6.45, 7) is -0.661. The molecule has 4 rings (SSSR count). The number of benzene rings is 4. The minimum Gasteiger partial charge on any atom is -0.493 e. The second-order valence-electron chi connectivity index (χ2n) is 9.97. The minimum atomic E-state index is -4.42. The standard InChI is InChI=1S/C33H33BrFN3O6S/c1-36-33(40)29(19-23-7-5-4-6-8-23)37(21-24-9-11-25(34)12-10-24)32(39)22-38(27-15-13-26(35)14-16-27)45(41,42)28-17-18-30(43-2)31(20-28)44-3/h4-18,20,29H,19,21-22H2,1-3H3,(H,36,40)/t29-/m1/s1. The van der Waals surface area contributed by atoms with E-state index >= 15 is 0 Å². The van der Waals surface area contributed by atoms with Gasteiger partial charge in [-0.25, -0.2) is 12.8 Å². The molecule has 4 aromatic carbocycles. The number of hydrogen-bond acceptors (Lipinski definition) is 6. The predicted octanol–water partition coefficient (Wildman–Crippen LogP) is 5.19. The normalized spacial score (nSPS) is 11.8. The molecule has 0 aliphatic heterocycles. The number of nitrogens with zero attached hydrogens (tertiary/aromatic N) is 2. The number of halogens is 2. The molecule has 0 saturated carbocycles. The lowest BCUT2D eigenvalue weighted by atomic mass is 10.0. The minimum absolute atomic E-state index is 0.0185. The SMILES string of the molecule is CNC(=O)[C@@H](Cc1ccccc1)N(Cc1ccc(Br)cc1)C(=O)CN(c1ccc(F)cc1)S(=O)(=O)c1ccc(OC)c(OC)c1. The lowest BCUT2D eigenvalue weighted by Gasteiger charge is -2.33. The molecule has 12 heteroatoms. The number of ether oxygens (including phenoxy) is 2. The summed E-state index contributed by atoms with van der Waals surface area (Å²) < 4.78 is 54.6. The molecule has 0 fully saturated rings. The predicted molar refractivity (Wildman–Crippen MR) is 173 cm³/mol. The summed E-state index contributed by atoms with van der Waals surface area (Å²) in [5.74, 6) is -1.15. The van der Waals surface area contributed by atoms with E-state index in [1.807, 2.05) is 54.6 Å². The van der Waals surface area contributed by atoms with Gasteiger partial charge in [-0.2, -0.15) is 0 Å². The van der Waals surface area contributed by atoms with Crippen LogP contribution in [0.5, 0.6) is 11.5 Å². The van der Waals surface area contributed by atoms with E-state index in [1.54, 1.807) is 0 Å².